The van der Waals surface area contributed by atoms with Crippen LogP contribution in [-0.2, 0) is 0 Å². The average molecular weight is 290 g/mol. The fourth-order valence-electron chi connectivity index (χ4n) is 1.74. The van der Waals surface area contributed by atoms with Gasteiger partial charge in [-0.05, 0) is 18.2 Å². The van der Waals surface area contributed by atoms with Gasteiger partial charge in [-0.1, -0.05) is 12.1 Å². The maximum Gasteiger partial charge on any atom is 0.272 e. The van der Waals surface area contributed by atoms with Crippen molar-refractivity contribution in [1.82, 2.24) is 0 Å². The summed E-state index contributed by atoms with van der Waals surface area (Å²) in [6, 6.07) is 9.49. The quantitative estimate of drug-likeness (QED) is 0.693. The summed E-state index contributed by atoms with van der Waals surface area (Å²) in [6.45, 7) is 0. The lowest BCUT2D eigenvalue weighted by Crippen LogP contribution is -2.14. The number of nitrogens with one attached hydrogen (secondary N) is 1. The normalized spacial score (nSPS) is 10.0. The van der Waals surface area contributed by atoms with Crippen molar-refractivity contribution in [2.24, 2.45) is 0 Å². The number of carbonyl (C=O) groups excluding carboxylic acids is 1. The number of nitrogens with zero attached hydrogens (tertiary/aromatic N) is 1. The molecule has 108 valence electrons. The summed E-state index contributed by atoms with van der Waals surface area (Å²) >= 11 is 0. The van der Waals surface area contributed by atoms with E-state index in [-0.39, 0.29) is 5.56 Å². The minimum atomic E-state index is -0.961. The Morgan fingerprint density at radius 3 is 2.62 bits per heavy atom. The molecule has 1 N–H and O–H groups in total. The van der Waals surface area contributed by atoms with Gasteiger partial charge in [0.25, 0.3) is 11.6 Å². The second-order valence-corrected chi connectivity index (χ2v) is 4.08. The van der Waals surface area contributed by atoms with Crippen LogP contribution in [0, 0.1) is 15.9 Å². The van der Waals surface area contributed by atoms with Crippen LogP contribution < -0.4 is 10.1 Å². The molecule has 0 aromatic heterocycles. The zero-order valence-electron chi connectivity index (χ0n) is 11.0. The van der Waals surface area contributed by atoms with Crippen LogP contribution in [0.15, 0.2) is 42.5 Å². The number of benzene rings is 2. The Labute approximate surface area is 119 Å². The van der Waals surface area contributed by atoms with Gasteiger partial charge in [-0.3, -0.25) is 14.9 Å². The molecule has 1 amide bonds. The number of rotatable bonds is 4. The third-order valence-electron chi connectivity index (χ3n) is 2.76. The predicted molar refractivity (Wildman–Crippen MR) is 74.0 cm³/mol. The highest BCUT2D eigenvalue weighted by Gasteiger charge is 2.17. The van der Waals surface area contributed by atoms with Crippen LogP contribution in [0.1, 0.15) is 10.4 Å². The van der Waals surface area contributed by atoms with Gasteiger partial charge in [0.1, 0.15) is 11.6 Å². The number of halogens is 1. The van der Waals surface area contributed by atoms with Crippen LogP contribution in [0.25, 0.3) is 0 Å². The number of methoxy groups -OCH3 is 1. The summed E-state index contributed by atoms with van der Waals surface area (Å²) in [5.74, 6) is -1.25. The van der Waals surface area contributed by atoms with Gasteiger partial charge in [0.15, 0.2) is 0 Å². The minimum Gasteiger partial charge on any atom is -0.495 e. The molecular formula is C14H11FN2O4. The molecule has 0 saturated carbocycles. The van der Waals surface area contributed by atoms with Gasteiger partial charge >= 0.3 is 0 Å². The molecule has 0 aliphatic carbocycles. The lowest BCUT2D eigenvalue weighted by Gasteiger charge is -2.10. The number of amides is 1. The summed E-state index contributed by atoms with van der Waals surface area (Å²) in [7, 11) is 1.44. The second-order valence-electron chi connectivity index (χ2n) is 4.08. The molecule has 0 fully saturated rings. The van der Waals surface area contributed by atoms with Crippen molar-refractivity contribution in [3.63, 3.8) is 0 Å². The number of non-ortho nitro benzene ring substituents is 1. The standard InChI is InChI=1S/C14H11FN2O4/c1-21-13-5-3-2-4-12(13)16-14(18)10-7-6-9(17(19)20)8-11(10)15/h2-8H,1H3,(H,16,18). The first-order valence-electron chi connectivity index (χ1n) is 5.91. The number of anilines is 1. The van der Waals surface area contributed by atoms with E-state index in [2.05, 4.69) is 5.32 Å². The van der Waals surface area contributed by atoms with Crippen LogP contribution in [0.3, 0.4) is 0 Å². The lowest BCUT2D eigenvalue weighted by molar-refractivity contribution is -0.385. The molecule has 0 radical (unpaired) electrons. The van der Waals surface area contributed by atoms with Gasteiger partial charge in [0, 0.05) is 6.07 Å². The first-order chi connectivity index (χ1) is 10.0. The summed E-state index contributed by atoms with van der Waals surface area (Å²) in [5.41, 5.74) is -0.324. The second kappa shape index (κ2) is 6.00. The number of carbonyl (C=O) groups is 1. The summed E-state index contributed by atoms with van der Waals surface area (Å²) in [4.78, 5) is 21.8. The summed E-state index contributed by atoms with van der Waals surface area (Å²) < 4.78 is 18.8. The van der Waals surface area contributed by atoms with Crippen molar-refractivity contribution >= 4 is 17.3 Å². The molecule has 6 nitrogen and oxygen atoms in total. The molecule has 2 rings (SSSR count). The summed E-state index contributed by atoms with van der Waals surface area (Å²) in [5, 5.41) is 13.0. The molecule has 0 unspecified atom stereocenters. The van der Waals surface area contributed by atoms with Crippen molar-refractivity contribution in [2.75, 3.05) is 12.4 Å². The number of nitro groups is 1. The van der Waals surface area contributed by atoms with Gasteiger partial charge in [0.2, 0.25) is 0 Å². The summed E-state index contributed by atoms with van der Waals surface area (Å²) in [6.07, 6.45) is 0. The molecule has 0 aliphatic rings. The van der Waals surface area contributed by atoms with E-state index in [4.69, 9.17) is 4.74 Å². The molecule has 2 aromatic rings. The van der Waals surface area contributed by atoms with Crippen molar-refractivity contribution in [3.8, 4) is 5.75 Å². The number of hydrogen-bond acceptors (Lipinski definition) is 4. The molecule has 0 atom stereocenters. The van der Waals surface area contributed by atoms with Crippen molar-refractivity contribution < 1.29 is 18.8 Å². The first-order valence-corrected chi connectivity index (χ1v) is 5.91. The molecule has 0 bridgehead atoms. The molecule has 0 aliphatic heterocycles. The molecule has 2 aromatic carbocycles. The van der Waals surface area contributed by atoms with Crippen LogP contribution in [0.2, 0.25) is 0 Å². The van der Waals surface area contributed by atoms with E-state index in [0.717, 1.165) is 12.1 Å². The van der Waals surface area contributed by atoms with Crippen LogP contribution >= 0.6 is 0 Å². The Kier molecular flexibility index (Phi) is 4.13. The number of para-hydroxylation sites is 2. The van der Waals surface area contributed by atoms with Gasteiger partial charge in [-0.25, -0.2) is 4.39 Å². The van der Waals surface area contributed by atoms with E-state index >= 15 is 0 Å². The smallest absolute Gasteiger partial charge is 0.272 e. The van der Waals surface area contributed by atoms with Gasteiger partial charge in [-0.2, -0.15) is 0 Å². The van der Waals surface area contributed by atoms with E-state index in [1.54, 1.807) is 24.3 Å². The Morgan fingerprint density at radius 2 is 2.00 bits per heavy atom. The third kappa shape index (κ3) is 3.14. The highest BCUT2D eigenvalue weighted by atomic mass is 19.1. The molecule has 7 heteroatoms. The van der Waals surface area contributed by atoms with Gasteiger partial charge in [-0.15, -0.1) is 0 Å². The number of ether oxygens (including phenoxy) is 1. The van der Waals surface area contributed by atoms with E-state index in [1.165, 1.54) is 7.11 Å². The molecule has 0 spiro atoms. The Bertz CT molecular complexity index is 703. The van der Waals surface area contributed by atoms with Crippen molar-refractivity contribution in [1.29, 1.82) is 0 Å². The highest BCUT2D eigenvalue weighted by Crippen LogP contribution is 2.24. The monoisotopic (exact) mass is 290 g/mol. The maximum atomic E-state index is 13.7. The van der Waals surface area contributed by atoms with Crippen LogP contribution in [0.5, 0.6) is 5.75 Å². The van der Waals surface area contributed by atoms with E-state index in [0.29, 0.717) is 17.5 Å². The van der Waals surface area contributed by atoms with E-state index < -0.39 is 22.3 Å². The van der Waals surface area contributed by atoms with Crippen molar-refractivity contribution in [2.45, 2.75) is 0 Å². The maximum absolute atomic E-state index is 13.7. The number of hydrogen-bond donors (Lipinski definition) is 1. The van der Waals surface area contributed by atoms with Crippen molar-refractivity contribution in [3.05, 3.63) is 64.0 Å². The molecule has 0 heterocycles. The van der Waals surface area contributed by atoms with Gasteiger partial charge < -0.3 is 10.1 Å². The topological polar surface area (TPSA) is 81.5 Å². The average Bonchev–Trinajstić information content (AvgIpc) is 2.47. The largest absolute Gasteiger partial charge is 0.495 e. The van der Waals surface area contributed by atoms with Crippen LogP contribution in [0.4, 0.5) is 15.8 Å². The molecular weight excluding hydrogens is 279 g/mol. The lowest BCUT2D eigenvalue weighted by atomic mass is 10.1. The number of nitro benzene ring substituents is 1. The third-order valence-corrected chi connectivity index (χ3v) is 2.76. The van der Waals surface area contributed by atoms with E-state index in [1.807, 2.05) is 0 Å². The zero-order chi connectivity index (χ0) is 15.4. The zero-order valence-corrected chi connectivity index (χ0v) is 11.0. The SMILES string of the molecule is COc1ccccc1NC(=O)c1ccc([N+](=O)[O-])cc1F. The van der Waals surface area contributed by atoms with E-state index in [9.17, 15) is 19.3 Å². The Morgan fingerprint density at radius 1 is 1.29 bits per heavy atom. The Balaban J connectivity index is 2.26. The van der Waals surface area contributed by atoms with Crippen LogP contribution in [-0.4, -0.2) is 17.9 Å². The predicted octanol–water partition coefficient (Wildman–Crippen LogP) is 2.99. The highest BCUT2D eigenvalue weighted by molar-refractivity contribution is 6.05. The fraction of sp³-hybridized carbons (Fsp3) is 0.0714. The first kappa shape index (κ1) is 14.4. The molecule has 21 heavy (non-hydrogen) atoms. The van der Waals surface area contributed by atoms with Gasteiger partial charge in [0.05, 0.1) is 29.4 Å². The molecule has 0 saturated heterocycles. The Hall–Kier alpha value is -2.96. The minimum absolute atomic E-state index is 0.286. The fourth-order valence-corrected chi connectivity index (χ4v) is 1.74.